The van der Waals surface area contributed by atoms with E-state index < -0.39 is 30.7 Å². The summed E-state index contributed by atoms with van der Waals surface area (Å²) in [5, 5.41) is 2.77. The lowest BCUT2D eigenvalue weighted by Gasteiger charge is -2.14. The van der Waals surface area contributed by atoms with Crippen LogP contribution in [-0.4, -0.2) is 24.9 Å². The van der Waals surface area contributed by atoms with Gasteiger partial charge >= 0.3 is 0 Å². The minimum Gasteiger partial charge on any atom is -0.345 e. The van der Waals surface area contributed by atoms with E-state index >= 15 is 0 Å². The van der Waals surface area contributed by atoms with E-state index in [0.717, 1.165) is 16.0 Å². The number of aryl methyl sites for hydroxylation is 1. The van der Waals surface area contributed by atoms with Crippen molar-refractivity contribution >= 4 is 39.7 Å². The van der Waals surface area contributed by atoms with Crippen molar-refractivity contribution in [3.8, 4) is 0 Å². The molecule has 0 aliphatic carbocycles. The van der Waals surface area contributed by atoms with Crippen LogP contribution in [0.1, 0.15) is 15.2 Å². The number of alkyl halides is 2. The number of nitrogens with two attached hydrogens (primary N) is 1. The van der Waals surface area contributed by atoms with Crippen LogP contribution in [0.2, 0.25) is 0 Å². The Morgan fingerprint density at radius 1 is 1.43 bits per heavy atom. The number of benzene rings is 1. The molecular weight excluding hydrogens is 325 g/mol. The first-order valence-corrected chi connectivity index (χ1v) is 6.70. The smallest absolute Gasteiger partial charge is 0.277 e. The molecule has 2 aromatic rings. The number of carbonyl (C=O) groups excluding carboxylic acids is 1. The standard InChI is InChI=1S/C13H13F3N2OS.ClH/c1-7-9-4-8(14)2-3-10(9)20-11(7)12(19)18-6-13(15,16)5-17;/h2-4H,5-6,17H2,1H3,(H,18,19);1H. The highest BCUT2D eigenvalue weighted by Gasteiger charge is 2.28. The lowest BCUT2D eigenvalue weighted by molar-refractivity contribution is 0.0119. The maximum absolute atomic E-state index is 13.2. The van der Waals surface area contributed by atoms with E-state index in [1.807, 2.05) is 0 Å². The van der Waals surface area contributed by atoms with Crippen LogP contribution in [0.5, 0.6) is 0 Å². The van der Waals surface area contributed by atoms with Gasteiger partial charge in [0.25, 0.3) is 11.8 Å². The number of carbonyl (C=O) groups is 1. The number of thiophene rings is 1. The third-order valence-electron chi connectivity index (χ3n) is 2.91. The number of fused-ring (bicyclic) bond motifs is 1. The van der Waals surface area contributed by atoms with Crippen LogP contribution in [0, 0.1) is 12.7 Å². The fourth-order valence-corrected chi connectivity index (χ4v) is 2.88. The summed E-state index contributed by atoms with van der Waals surface area (Å²) in [7, 11) is 0. The Morgan fingerprint density at radius 2 is 2.10 bits per heavy atom. The summed E-state index contributed by atoms with van der Waals surface area (Å²) in [4.78, 5) is 12.2. The van der Waals surface area contributed by atoms with E-state index in [-0.39, 0.29) is 12.4 Å². The summed E-state index contributed by atoms with van der Waals surface area (Å²) in [6.45, 7) is 0.0164. The van der Waals surface area contributed by atoms with E-state index in [1.165, 1.54) is 12.1 Å². The van der Waals surface area contributed by atoms with E-state index in [9.17, 15) is 18.0 Å². The van der Waals surface area contributed by atoms with Crippen molar-refractivity contribution in [3.05, 3.63) is 34.5 Å². The van der Waals surface area contributed by atoms with Gasteiger partial charge in [0.05, 0.1) is 18.0 Å². The molecule has 0 saturated heterocycles. The van der Waals surface area contributed by atoms with Crippen LogP contribution in [-0.2, 0) is 0 Å². The van der Waals surface area contributed by atoms with Gasteiger partial charge in [0.1, 0.15) is 5.82 Å². The Morgan fingerprint density at radius 3 is 2.71 bits per heavy atom. The molecule has 0 aliphatic rings. The van der Waals surface area contributed by atoms with Crippen LogP contribution in [0.25, 0.3) is 10.1 Å². The molecule has 0 bridgehead atoms. The molecule has 8 heteroatoms. The first-order valence-electron chi connectivity index (χ1n) is 5.89. The summed E-state index contributed by atoms with van der Waals surface area (Å²) >= 11 is 1.14. The molecule has 0 spiro atoms. The highest BCUT2D eigenvalue weighted by Crippen LogP contribution is 2.31. The first kappa shape index (κ1) is 17.7. The quantitative estimate of drug-likeness (QED) is 0.900. The largest absolute Gasteiger partial charge is 0.345 e. The number of amides is 1. The fourth-order valence-electron chi connectivity index (χ4n) is 1.77. The topological polar surface area (TPSA) is 55.1 Å². The summed E-state index contributed by atoms with van der Waals surface area (Å²) in [5.41, 5.74) is 5.48. The number of nitrogens with one attached hydrogen (secondary N) is 1. The zero-order valence-electron chi connectivity index (χ0n) is 11.1. The van der Waals surface area contributed by atoms with E-state index in [4.69, 9.17) is 5.73 Å². The molecule has 0 fully saturated rings. The summed E-state index contributed by atoms with van der Waals surface area (Å²) in [6.07, 6.45) is 0. The number of rotatable bonds is 4. The molecule has 3 N–H and O–H groups in total. The maximum Gasteiger partial charge on any atom is 0.277 e. The van der Waals surface area contributed by atoms with Crippen LogP contribution in [0.4, 0.5) is 13.2 Å². The van der Waals surface area contributed by atoms with Crippen molar-refractivity contribution in [3.63, 3.8) is 0 Å². The third-order valence-corrected chi connectivity index (χ3v) is 4.18. The molecule has 3 nitrogen and oxygen atoms in total. The number of halogens is 4. The molecule has 1 aromatic heterocycles. The van der Waals surface area contributed by atoms with Crippen molar-refractivity contribution in [2.75, 3.05) is 13.1 Å². The van der Waals surface area contributed by atoms with Crippen molar-refractivity contribution in [2.45, 2.75) is 12.8 Å². The van der Waals surface area contributed by atoms with Gasteiger partial charge < -0.3 is 11.1 Å². The molecule has 21 heavy (non-hydrogen) atoms. The van der Waals surface area contributed by atoms with Gasteiger partial charge in [-0.1, -0.05) is 0 Å². The van der Waals surface area contributed by atoms with Gasteiger partial charge in [-0.25, -0.2) is 13.2 Å². The second kappa shape index (κ2) is 6.64. The van der Waals surface area contributed by atoms with E-state index in [2.05, 4.69) is 5.32 Å². The second-order valence-electron chi connectivity index (χ2n) is 4.44. The lowest BCUT2D eigenvalue weighted by atomic mass is 10.1. The Hall–Kier alpha value is -1.31. The monoisotopic (exact) mass is 338 g/mol. The minimum atomic E-state index is -3.13. The second-order valence-corrected chi connectivity index (χ2v) is 5.49. The van der Waals surface area contributed by atoms with Crippen LogP contribution < -0.4 is 11.1 Å². The van der Waals surface area contributed by atoms with Crippen LogP contribution >= 0.6 is 23.7 Å². The molecule has 0 aliphatic heterocycles. The predicted octanol–water partition coefficient (Wildman–Crippen LogP) is 3.09. The summed E-state index contributed by atoms with van der Waals surface area (Å²) in [5.74, 6) is -4.14. The molecule has 1 aromatic carbocycles. The van der Waals surface area contributed by atoms with Gasteiger partial charge in [0, 0.05) is 4.70 Å². The van der Waals surface area contributed by atoms with Crippen LogP contribution in [0.3, 0.4) is 0 Å². The highest BCUT2D eigenvalue weighted by atomic mass is 35.5. The zero-order valence-corrected chi connectivity index (χ0v) is 12.7. The van der Waals surface area contributed by atoms with Crippen molar-refractivity contribution in [2.24, 2.45) is 5.73 Å². The van der Waals surface area contributed by atoms with Gasteiger partial charge in [-0.05, 0) is 36.1 Å². The summed E-state index contributed by atoms with van der Waals surface area (Å²) < 4.78 is 39.9. The van der Waals surface area contributed by atoms with Gasteiger partial charge in [0.2, 0.25) is 0 Å². The van der Waals surface area contributed by atoms with Gasteiger partial charge in [0.15, 0.2) is 0 Å². The third kappa shape index (κ3) is 3.87. The molecule has 0 radical (unpaired) electrons. The molecular formula is C13H14ClF3N2OS. The fraction of sp³-hybridized carbons (Fsp3) is 0.308. The molecule has 1 amide bonds. The molecule has 2 rings (SSSR count). The normalized spacial score (nSPS) is 11.3. The maximum atomic E-state index is 13.2. The summed E-state index contributed by atoms with van der Waals surface area (Å²) in [6, 6.07) is 4.18. The van der Waals surface area contributed by atoms with Crippen molar-refractivity contribution in [1.82, 2.24) is 5.32 Å². The molecule has 0 unspecified atom stereocenters. The first-order chi connectivity index (χ1) is 9.34. The highest BCUT2D eigenvalue weighted by molar-refractivity contribution is 7.21. The SMILES string of the molecule is Cc1c(C(=O)NCC(F)(F)CN)sc2ccc(F)cc12.Cl. The lowest BCUT2D eigenvalue weighted by Crippen LogP contribution is -2.41. The van der Waals surface area contributed by atoms with Gasteiger partial charge in [-0.3, -0.25) is 4.79 Å². The molecule has 0 saturated carbocycles. The Bertz CT molecular complexity index is 660. The van der Waals surface area contributed by atoms with E-state index in [0.29, 0.717) is 15.8 Å². The van der Waals surface area contributed by atoms with Crippen LogP contribution in [0.15, 0.2) is 18.2 Å². The molecule has 1 heterocycles. The minimum absolute atomic E-state index is 0. The number of hydrogen-bond acceptors (Lipinski definition) is 3. The molecule has 116 valence electrons. The Kier molecular flexibility index (Phi) is 5.61. The van der Waals surface area contributed by atoms with Crippen molar-refractivity contribution < 1.29 is 18.0 Å². The number of hydrogen-bond donors (Lipinski definition) is 2. The predicted molar refractivity (Wildman–Crippen MR) is 80.1 cm³/mol. The van der Waals surface area contributed by atoms with Gasteiger partial charge in [-0.2, -0.15) is 0 Å². The Labute approximate surface area is 129 Å². The van der Waals surface area contributed by atoms with Crippen molar-refractivity contribution in [1.29, 1.82) is 0 Å². The Balaban J connectivity index is 0.00000220. The van der Waals surface area contributed by atoms with E-state index in [1.54, 1.807) is 13.0 Å². The average Bonchev–Trinajstić information content (AvgIpc) is 2.74. The van der Waals surface area contributed by atoms with Gasteiger partial charge in [-0.15, -0.1) is 23.7 Å². The molecule has 0 atom stereocenters. The average molecular weight is 339 g/mol. The zero-order chi connectivity index (χ0) is 14.9.